The standard InChI is InChI=1S/C34H25NO3/c1-19-11-3-5-13-21(19)28-27-29(23-15-7-8-16-24(23)30(27)36)35-31(22-14-6-4-12-20(22)2)34(28)32(37)25-17-9-10-18-26(25)33(34)38/h3-18,28,31,35H,1-2H3. The van der Waals surface area contributed by atoms with Crippen molar-refractivity contribution in [1.29, 1.82) is 0 Å². The highest BCUT2D eigenvalue weighted by Gasteiger charge is 2.67. The molecule has 0 saturated heterocycles. The van der Waals surface area contributed by atoms with Gasteiger partial charge in [0.1, 0.15) is 5.41 Å². The fourth-order valence-corrected chi connectivity index (χ4v) is 6.88. The first-order chi connectivity index (χ1) is 18.5. The summed E-state index contributed by atoms with van der Waals surface area (Å²) >= 11 is 0. The van der Waals surface area contributed by atoms with Crippen molar-refractivity contribution in [2.24, 2.45) is 5.41 Å². The third-order valence-electron chi connectivity index (χ3n) is 8.61. The largest absolute Gasteiger partial charge is 0.376 e. The SMILES string of the molecule is Cc1ccccc1C1NC2=C(C(=O)c3ccccc32)C(c2ccccc2C)C12C(=O)c1ccccc1C2=O. The first-order valence-corrected chi connectivity index (χ1v) is 12.9. The van der Waals surface area contributed by atoms with Gasteiger partial charge in [0.2, 0.25) is 0 Å². The number of rotatable bonds is 2. The summed E-state index contributed by atoms with van der Waals surface area (Å²) < 4.78 is 0. The molecule has 0 bridgehead atoms. The summed E-state index contributed by atoms with van der Waals surface area (Å²) in [5, 5.41) is 3.62. The Morgan fingerprint density at radius 1 is 0.579 bits per heavy atom. The van der Waals surface area contributed by atoms with Crippen LogP contribution in [0, 0.1) is 19.3 Å². The molecular formula is C34H25NO3. The van der Waals surface area contributed by atoms with Crippen LogP contribution in [0.25, 0.3) is 5.70 Å². The number of aryl methyl sites for hydroxylation is 2. The minimum Gasteiger partial charge on any atom is -0.376 e. The van der Waals surface area contributed by atoms with E-state index < -0.39 is 17.4 Å². The molecule has 0 aromatic heterocycles. The number of allylic oxidation sites excluding steroid dienone is 1. The number of Topliss-reactive ketones (excluding diaryl/α,β-unsaturated/α-hetero) is 3. The maximum atomic E-state index is 14.7. The van der Waals surface area contributed by atoms with E-state index in [4.69, 9.17) is 0 Å². The maximum Gasteiger partial charge on any atom is 0.192 e. The van der Waals surface area contributed by atoms with Gasteiger partial charge in [-0.3, -0.25) is 14.4 Å². The van der Waals surface area contributed by atoms with E-state index in [1.54, 1.807) is 24.3 Å². The number of nitrogens with one attached hydrogen (secondary N) is 1. The van der Waals surface area contributed by atoms with Crippen LogP contribution in [0.1, 0.15) is 70.9 Å². The number of hydrogen-bond donors (Lipinski definition) is 1. The van der Waals surface area contributed by atoms with Crippen molar-refractivity contribution in [1.82, 2.24) is 5.32 Å². The molecule has 4 nitrogen and oxygen atoms in total. The van der Waals surface area contributed by atoms with Gasteiger partial charge in [-0.25, -0.2) is 0 Å². The van der Waals surface area contributed by atoms with Crippen LogP contribution in [0.4, 0.5) is 0 Å². The zero-order chi connectivity index (χ0) is 26.2. The molecule has 184 valence electrons. The molecule has 2 unspecified atom stereocenters. The number of hydrogen-bond acceptors (Lipinski definition) is 4. The monoisotopic (exact) mass is 495 g/mol. The van der Waals surface area contributed by atoms with Crippen molar-refractivity contribution in [2.45, 2.75) is 25.8 Å². The molecule has 0 radical (unpaired) electrons. The summed E-state index contributed by atoms with van der Waals surface area (Å²) in [4.78, 5) is 43.6. The molecule has 0 amide bonds. The van der Waals surface area contributed by atoms with E-state index in [9.17, 15) is 14.4 Å². The molecule has 4 aromatic rings. The Hall–Kier alpha value is -4.57. The highest BCUT2D eigenvalue weighted by atomic mass is 16.2. The first kappa shape index (κ1) is 22.6. The van der Waals surface area contributed by atoms with Gasteiger partial charge in [0.25, 0.3) is 0 Å². The van der Waals surface area contributed by atoms with Crippen LogP contribution in [0.15, 0.2) is 103 Å². The molecule has 4 aromatic carbocycles. The predicted octanol–water partition coefficient (Wildman–Crippen LogP) is 6.40. The van der Waals surface area contributed by atoms with Gasteiger partial charge in [0.15, 0.2) is 17.3 Å². The number of benzene rings is 4. The number of carbonyl (C=O) groups is 3. The number of fused-ring (bicyclic) bond motifs is 3. The van der Waals surface area contributed by atoms with E-state index in [1.165, 1.54) is 0 Å². The van der Waals surface area contributed by atoms with Crippen LogP contribution in [0.2, 0.25) is 0 Å². The van der Waals surface area contributed by atoms with E-state index in [1.807, 2.05) is 86.6 Å². The van der Waals surface area contributed by atoms with Crippen molar-refractivity contribution in [3.63, 3.8) is 0 Å². The zero-order valence-corrected chi connectivity index (χ0v) is 21.1. The maximum absolute atomic E-state index is 14.7. The van der Waals surface area contributed by atoms with Crippen LogP contribution in [-0.2, 0) is 0 Å². The molecular weight excluding hydrogens is 470 g/mol. The van der Waals surface area contributed by atoms with E-state index in [0.717, 1.165) is 27.8 Å². The van der Waals surface area contributed by atoms with Crippen molar-refractivity contribution >= 4 is 23.0 Å². The van der Waals surface area contributed by atoms with Crippen LogP contribution < -0.4 is 5.32 Å². The molecule has 1 spiro atoms. The van der Waals surface area contributed by atoms with Crippen molar-refractivity contribution < 1.29 is 14.4 Å². The Bertz CT molecular complexity index is 1710. The fraction of sp³-hybridized carbons (Fsp3) is 0.147. The summed E-state index contributed by atoms with van der Waals surface area (Å²) in [7, 11) is 0. The fourth-order valence-electron chi connectivity index (χ4n) is 6.88. The van der Waals surface area contributed by atoms with Crippen molar-refractivity contribution in [3.05, 3.63) is 147 Å². The minimum absolute atomic E-state index is 0.129. The van der Waals surface area contributed by atoms with E-state index in [2.05, 4.69) is 5.32 Å². The Labute approximate surface area is 221 Å². The van der Waals surface area contributed by atoms with Crippen LogP contribution in [0.5, 0.6) is 0 Å². The third kappa shape index (κ3) is 2.72. The van der Waals surface area contributed by atoms with Gasteiger partial charge in [-0.1, -0.05) is 97.1 Å². The summed E-state index contributed by atoms with van der Waals surface area (Å²) in [5.41, 5.74) is 5.54. The Balaban J connectivity index is 1.63. The van der Waals surface area contributed by atoms with Gasteiger partial charge in [0.05, 0.1) is 11.7 Å². The van der Waals surface area contributed by atoms with E-state index >= 15 is 0 Å². The summed E-state index contributed by atoms with van der Waals surface area (Å²) in [6.07, 6.45) is 0. The second-order valence-electron chi connectivity index (χ2n) is 10.5. The van der Waals surface area contributed by atoms with Crippen LogP contribution in [-0.4, -0.2) is 17.3 Å². The molecule has 7 rings (SSSR count). The number of carbonyl (C=O) groups excluding carboxylic acids is 3. The second kappa shape index (κ2) is 7.96. The van der Waals surface area contributed by atoms with Gasteiger partial charge >= 0.3 is 0 Å². The Morgan fingerprint density at radius 3 is 1.63 bits per heavy atom. The Kier molecular flexibility index (Phi) is 4.74. The first-order valence-electron chi connectivity index (χ1n) is 12.9. The second-order valence-corrected chi connectivity index (χ2v) is 10.5. The molecule has 1 heterocycles. The molecule has 1 N–H and O–H groups in total. The van der Waals surface area contributed by atoms with Crippen LogP contribution in [0.3, 0.4) is 0 Å². The van der Waals surface area contributed by atoms with Gasteiger partial charge in [-0.05, 0) is 36.1 Å². The highest BCUT2D eigenvalue weighted by Crippen LogP contribution is 2.62. The molecule has 3 aliphatic rings. The molecule has 4 heteroatoms. The van der Waals surface area contributed by atoms with Crippen LogP contribution >= 0.6 is 0 Å². The van der Waals surface area contributed by atoms with Gasteiger partial charge in [-0.2, -0.15) is 0 Å². The summed E-state index contributed by atoms with van der Waals surface area (Å²) in [5.74, 6) is -1.35. The Morgan fingerprint density at radius 2 is 1.05 bits per heavy atom. The number of ketones is 3. The predicted molar refractivity (Wildman–Crippen MR) is 146 cm³/mol. The molecule has 38 heavy (non-hydrogen) atoms. The lowest BCUT2D eigenvalue weighted by molar-refractivity contribution is 0.0582. The lowest BCUT2D eigenvalue weighted by Gasteiger charge is -2.47. The molecule has 1 aliphatic heterocycles. The molecule has 0 fully saturated rings. The normalized spacial score (nSPS) is 20.8. The van der Waals surface area contributed by atoms with Crippen molar-refractivity contribution in [2.75, 3.05) is 0 Å². The topological polar surface area (TPSA) is 63.2 Å². The van der Waals surface area contributed by atoms with E-state index in [0.29, 0.717) is 28.0 Å². The van der Waals surface area contributed by atoms with Gasteiger partial charge < -0.3 is 5.32 Å². The van der Waals surface area contributed by atoms with Gasteiger partial charge in [0, 0.05) is 33.7 Å². The van der Waals surface area contributed by atoms with E-state index in [-0.39, 0.29) is 17.3 Å². The van der Waals surface area contributed by atoms with Gasteiger partial charge in [-0.15, -0.1) is 0 Å². The lowest BCUT2D eigenvalue weighted by Crippen LogP contribution is -2.54. The summed E-state index contributed by atoms with van der Waals surface area (Å²) in [6.45, 7) is 3.99. The smallest absolute Gasteiger partial charge is 0.192 e. The quantitative estimate of drug-likeness (QED) is 0.327. The average Bonchev–Trinajstić information content (AvgIpc) is 3.34. The molecule has 2 aliphatic carbocycles. The molecule has 0 saturated carbocycles. The summed E-state index contributed by atoms with van der Waals surface area (Å²) in [6, 6.07) is 29.7. The third-order valence-corrected chi connectivity index (χ3v) is 8.61. The average molecular weight is 496 g/mol. The zero-order valence-electron chi connectivity index (χ0n) is 21.1. The lowest BCUT2D eigenvalue weighted by atomic mass is 9.57. The molecule has 2 atom stereocenters. The highest BCUT2D eigenvalue weighted by molar-refractivity contribution is 6.33. The van der Waals surface area contributed by atoms with Crippen molar-refractivity contribution in [3.8, 4) is 0 Å². The minimum atomic E-state index is -1.56.